The number of alkyl halides is 3. The Morgan fingerprint density at radius 1 is 1.32 bits per heavy atom. The van der Waals surface area contributed by atoms with E-state index >= 15 is 0 Å². The highest BCUT2D eigenvalue weighted by Gasteiger charge is 2.49. The van der Waals surface area contributed by atoms with E-state index in [2.05, 4.69) is 46.4 Å². The number of primary amides is 1. The number of rotatable bonds is 4. The average Bonchev–Trinajstić information content (AvgIpc) is 3.41. The molecule has 162 valence electrons. The minimum atomic E-state index is -4.40. The van der Waals surface area contributed by atoms with Crippen molar-refractivity contribution in [3.63, 3.8) is 0 Å². The molecule has 9 heteroatoms. The fourth-order valence-corrected chi connectivity index (χ4v) is 4.10. The van der Waals surface area contributed by atoms with E-state index in [0.717, 1.165) is 5.56 Å². The summed E-state index contributed by atoms with van der Waals surface area (Å²) in [5, 5.41) is 3.68. The number of nitrogens with one attached hydrogen (secondary N) is 2. The fourth-order valence-electron chi connectivity index (χ4n) is 3.58. The summed E-state index contributed by atoms with van der Waals surface area (Å²) in [7, 11) is -1.57. The Morgan fingerprint density at radius 2 is 2.03 bits per heavy atom. The number of carbonyl (C=O) groups excluding carboxylic acids is 1. The Bertz CT molecular complexity index is 1240. The van der Waals surface area contributed by atoms with Gasteiger partial charge in [-0.2, -0.15) is 13.2 Å². The monoisotopic (exact) mass is 444 g/mol. The van der Waals surface area contributed by atoms with Gasteiger partial charge < -0.3 is 16.0 Å². The van der Waals surface area contributed by atoms with Crippen LogP contribution in [0.3, 0.4) is 0 Å². The van der Waals surface area contributed by atoms with Crippen LogP contribution in [-0.2, 0) is 0 Å². The van der Waals surface area contributed by atoms with Gasteiger partial charge in [0.1, 0.15) is 19.9 Å². The number of carbonyl (C=O) groups is 1. The van der Waals surface area contributed by atoms with Crippen LogP contribution >= 0.6 is 0 Å². The number of fused-ring (bicyclic) bond motifs is 3. The third-order valence-electron chi connectivity index (χ3n) is 5.21. The Hall–Kier alpha value is -2.99. The second kappa shape index (κ2) is 7.30. The maximum Gasteiger partial charge on any atom is 0.408 e. The van der Waals surface area contributed by atoms with Crippen LogP contribution in [0.25, 0.3) is 21.8 Å². The molecule has 2 heterocycles. The van der Waals surface area contributed by atoms with Crippen LogP contribution in [0.5, 0.6) is 0 Å². The lowest BCUT2D eigenvalue weighted by Crippen LogP contribution is -2.38. The van der Waals surface area contributed by atoms with Crippen molar-refractivity contribution in [2.24, 2.45) is 11.7 Å². The van der Waals surface area contributed by atoms with Gasteiger partial charge in [0, 0.05) is 22.7 Å². The lowest BCUT2D eigenvalue weighted by Gasteiger charge is -2.22. The molecular weight excluding hydrogens is 421 g/mol. The molecule has 0 saturated heterocycles. The Kier molecular flexibility index (Phi) is 5.01. The molecule has 0 radical (unpaired) electrons. The Labute approximate surface area is 178 Å². The van der Waals surface area contributed by atoms with Gasteiger partial charge in [-0.15, -0.1) is 5.54 Å². The normalized spacial score (nSPS) is 15.5. The van der Waals surface area contributed by atoms with E-state index in [4.69, 9.17) is 5.73 Å². The van der Waals surface area contributed by atoms with Crippen LogP contribution in [0.4, 0.5) is 19.0 Å². The topological polar surface area (TPSA) is 83.8 Å². The first-order valence-corrected chi connectivity index (χ1v) is 13.5. The highest BCUT2D eigenvalue weighted by Crippen LogP contribution is 2.43. The van der Waals surface area contributed by atoms with Gasteiger partial charge in [-0.05, 0) is 30.9 Å². The molecule has 1 saturated carbocycles. The number of benzene rings is 1. The molecule has 1 atom stereocenters. The summed E-state index contributed by atoms with van der Waals surface area (Å²) in [6, 6.07) is 3.76. The van der Waals surface area contributed by atoms with Crippen molar-refractivity contribution in [1.29, 1.82) is 0 Å². The van der Waals surface area contributed by atoms with Crippen molar-refractivity contribution in [3.05, 3.63) is 35.5 Å². The van der Waals surface area contributed by atoms with Gasteiger partial charge in [-0.25, -0.2) is 4.98 Å². The minimum absolute atomic E-state index is 0.0846. The van der Waals surface area contributed by atoms with Crippen molar-refractivity contribution in [1.82, 2.24) is 9.97 Å². The molecule has 2 aromatic heterocycles. The summed E-state index contributed by atoms with van der Waals surface area (Å²) in [5.74, 6) is 2.08. The highest BCUT2D eigenvalue weighted by molar-refractivity contribution is 6.83. The predicted octanol–water partition coefficient (Wildman–Crippen LogP) is 4.80. The molecule has 1 aromatic carbocycles. The zero-order chi connectivity index (χ0) is 22.6. The molecule has 4 N–H and O–H groups in total. The Morgan fingerprint density at radius 3 is 2.61 bits per heavy atom. The summed E-state index contributed by atoms with van der Waals surface area (Å²) in [5.41, 5.74) is 10.7. The number of hydrogen-bond donors (Lipinski definition) is 3. The number of nitrogens with zero attached hydrogens (tertiary/aromatic N) is 1. The maximum atomic E-state index is 13.6. The molecule has 0 unspecified atom stereocenters. The van der Waals surface area contributed by atoms with E-state index in [-0.39, 0.29) is 11.4 Å². The number of aromatic amines is 1. The third-order valence-corrected chi connectivity index (χ3v) is 6.09. The molecule has 1 fully saturated rings. The second-order valence-corrected chi connectivity index (χ2v) is 13.8. The van der Waals surface area contributed by atoms with Gasteiger partial charge in [-0.3, -0.25) is 4.79 Å². The minimum Gasteiger partial charge on any atom is -0.365 e. The number of anilines is 1. The van der Waals surface area contributed by atoms with E-state index in [1.807, 2.05) is 12.1 Å². The van der Waals surface area contributed by atoms with Crippen molar-refractivity contribution in [2.75, 3.05) is 5.32 Å². The summed E-state index contributed by atoms with van der Waals surface area (Å²) < 4.78 is 40.8. The molecule has 1 aliphatic rings. The zero-order valence-electron chi connectivity index (χ0n) is 17.4. The lowest BCUT2D eigenvalue weighted by atomic mass is 10.1. The van der Waals surface area contributed by atoms with Gasteiger partial charge in [0.15, 0.2) is 0 Å². The molecule has 3 aromatic rings. The van der Waals surface area contributed by atoms with Crippen LogP contribution in [0, 0.1) is 17.4 Å². The predicted molar refractivity (Wildman–Crippen MR) is 119 cm³/mol. The molecular formula is C22H23F3N4OSi. The van der Waals surface area contributed by atoms with Crippen molar-refractivity contribution in [2.45, 2.75) is 44.7 Å². The molecule has 1 aliphatic carbocycles. The molecule has 31 heavy (non-hydrogen) atoms. The number of pyridine rings is 1. The van der Waals surface area contributed by atoms with Crippen molar-refractivity contribution >= 4 is 41.6 Å². The molecule has 4 rings (SSSR count). The number of nitrogens with two attached hydrogens (primary N) is 1. The number of halogens is 3. The molecule has 0 spiro atoms. The third kappa shape index (κ3) is 4.39. The number of H-pyrrole nitrogens is 1. The number of hydrogen-bond acceptors (Lipinski definition) is 3. The van der Waals surface area contributed by atoms with Crippen LogP contribution in [0.15, 0.2) is 24.4 Å². The zero-order valence-corrected chi connectivity index (χ0v) is 18.4. The fraction of sp³-hybridized carbons (Fsp3) is 0.364. The summed E-state index contributed by atoms with van der Waals surface area (Å²) in [6.45, 7) is 6.42. The number of aromatic nitrogens is 2. The molecule has 0 aliphatic heterocycles. The van der Waals surface area contributed by atoms with Crippen molar-refractivity contribution in [3.8, 4) is 11.5 Å². The maximum absolute atomic E-state index is 13.6. The summed E-state index contributed by atoms with van der Waals surface area (Å²) in [4.78, 5) is 19.2. The SMILES string of the molecule is C[Si](C)(C)C#Cc1ccc2c(c1)[nH]c1c(C(N)=O)cnc(N[C@H](C3CC3)C(F)(F)F)c12. The van der Waals surface area contributed by atoms with Crippen LogP contribution in [0.2, 0.25) is 19.6 Å². The van der Waals surface area contributed by atoms with E-state index in [0.29, 0.717) is 34.6 Å². The van der Waals surface area contributed by atoms with Gasteiger partial charge in [0.05, 0.1) is 16.5 Å². The molecule has 5 nitrogen and oxygen atoms in total. The van der Waals surface area contributed by atoms with E-state index in [9.17, 15) is 18.0 Å². The summed E-state index contributed by atoms with van der Waals surface area (Å²) >= 11 is 0. The van der Waals surface area contributed by atoms with Crippen LogP contribution in [0.1, 0.15) is 28.8 Å². The standard InChI is InChI=1S/C22H23F3N4OSi/c1-31(2,3)9-8-12-4-7-14-16(10-12)28-18-15(20(26)30)11-27-21(17(14)18)29-19(13-5-6-13)22(23,24)25/h4,7,10-11,13,19,28H,5-6H2,1-3H3,(H2,26,30)(H,27,29)/t19-/m1/s1. The quantitative estimate of drug-likeness (QED) is 0.399. The molecule has 0 bridgehead atoms. The van der Waals surface area contributed by atoms with Gasteiger partial charge >= 0.3 is 6.18 Å². The van der Waals surface area contributed by atoms with E-state index in [1.54, 1.807) is 6.07 Å². The first-order chi connectivity index (χ1) is 14.4. The van der Waals surface area contributed by atoms with Gasteiger partial charge in [0.25, 0.3) is 5.91 Å². The summed E-state index contributed by atoms with van der Waals surface area (Å²) in [6.07, 6.45) is -2.14. The first kappa shape index (κ1) is 21.2. The van der Waals surface area contributed by atoms with Crippen molar-refractivity contribution < 1.29 is 18.0 Å². The van der Waals surface area contributed by atoms with Crippen LogP contribution in [-0.4, -0.2) is 36.2 Å². The van der Waals surface area contributed by atoms with Gasteiger partial charge in [0.2, 0.25) is 0 Å². The number of amides is 1. The highest BCUT2D eigenvalue weighted by atomic mass is 28.3. The molecule has 1 amide bonds. The van der Waals surface area contributed by atoms with Crippen LogP contribution < -0.4 is 11.1 Å². The Balaban J connectivity index is 1.88. The largest absolute Gasteiger partial charge is 0.408 e. The van der Waals surface area contributed by atoms with E-state index < -0.39 is 32.1 Å². The van der Waals surface area contributed by atoms with Gasteiger partial charge in [-0.1, -0.05) is 31.6 Å². The van der Waals surface area contributed by atoms with E-state index in [1.165, 1.54) is 6.20 Å². The smallest absolute Gasteiger partial charge is 0.365 e. The average molecular weight is 445 g/mol. The first-order valence-electron chi connectivity index (χ1n) is 10.0. The lowest BCUT2D eigenvalue weighted by molar-refractivity contribution is -0.146. The second-order valence-electron chi connectivity index (χ2n) is 9.02.